The van der Waals surface area contributed by atoms with E-state index in [1.54, 1.807) is 22.4 Å². The van der Waals surface area contributed by atoms with E-state index in [4.69, 9.17) is 4.74 Å². The molecule has 1 fully saturated rings. The lowest BCUT2D eigenvalue weighted by molar-refractivity contribution is 0.0288. The van der Waals surface area contributed by atoms with Gasteiger partial charge in [-0.15, -0.1) is 11.3 Å². The Labute approximate surface area is 135 Å². The van der Waals surface area contributed by atoms with Crippen LogP contribution >= 0.6 is 11.3 Å². The Morgan fingerprint density at radius 2 is 2.23 bits per heavy atom. The third kappa shape index (κ3) is 4.69. The lowest BCUT2D eigenvalue weighted by atomic mass is 10.1. The Bertz CT molecular complexity index is 605. The zero-order chi connectivity index (χ0) is 16.4. The maximum Gasteiger partial charge on any atom is 0.410 e. The molecule has 1 N–H and O–H groups in total. The van der Waals surface area contributed by atoms with Gasteiger partial charge in [-0.3, -0.25) is 0 Å². The summed E-state index contributed by atoms with van der Waals surface area (Å²) in [7, 11) is -3.44. The van der Waals surface area contributed by atoms with E-state index < -0.39 is 15.6 Å². The van der Waals surface area contributed by atoms with Crippen LogP contribution in [0.5, 0.6) is 0 Å². The van der Waals surface area contributed by atoms with E-state index in [0.717, 1.165) is 6.42 Å². The lowest BCUT2D eigenvalue weighted by Crippen LogP contribution is -2.36. The van der Waals surface area contributed by atoms with Gasteiger partial charge < -0.3 is 9.64 Å². The summed E-state index contributed by atoms with van der Waals surface area (Å²) in [5.41, 5.74) is -0.518. The molecule has 2 heterocycles. The van der Waals surface area contributed by atoms with Gasteiger partial charge in [-0.1, -0.05) is 6.07 Å². The van der Waals surface area contributed by atoms with Gasteiger partial charge in [-0.25, -0.2) is 17.9 Å². The summed E-state index contributed by atoms with van der Waals surface area (Å²) in [5, 5.41) is 1.73. The average molecular weight is 346 g/mol. The Morgan fingerprint density at radius 3 is 2.82 bits per heavy atom. The van der Waals surface area contributed by atoms with Gasteiger partial charge >= 0.3 is 6.09 Å². The maximum atomic E-state index is 12.0. The van der Waals surface area contributed by atoms with E-state index in [0.29, 0.717) is 23.8 Å². The molecule has 8 heteroatoms. The molecular formula is C14H22N2O4S2. The number of hydrogen-bond donors (Lipinski definition) is 1. The summed E-state index contributed by atoms with van der Waals surface area (Å²) in [6.45, 7) is 6.93. The second kappa shape index (κ2) is 6.55. The van der Waals surface area contributed by atoms with Crippen LogP contribution in [0.15, 0.2) is 21.7 Å². The largest absolute Gasteiger partial charge is 0.444 e. The van der Waals surface area contributed by atoms with Crippen LogP contribution in [0.4, 0.5) is 4.79 Å². The zero-order valence-electron chi connectivity index (χ0n) is 13.0. The normalized spacial score (nSPS) is 19.4. The highest BCUT2D eigenvalue weighted by Crippen LogP contribution is 2.20. The van der Waals surface area contributed by atoms with Gasteiger partial charge in [0.2, 0.25) is 10.0 Å². The molecule has 0 spiro atoms. The number of likely N-dealkylation sites (tertiary alicyclic amines) is 1. The lowest BCUT2D eigenvalue weighted by Gasteiger charge is -2.24. The molecule has 22 heavy (non-hydrogen) atoms. The van der Waals surface area contributed by atoms with E-state index in [1.807, 2.05) is 20.8 Å². The van der Waals surface area contributed by atoms with Crippen molar-refractivity contribution < 1.29 is 17.9 Å². The van der Waals surface area contributed by atoms with Crippen molar-refractivity contribution in [3.05, 3.63) is 17.5 Å². The quantitative estimate of drug-likeness (QED) is 0.907. The van der Waals surface area contributed by atoms with Gasteiger partial charge in [-0.2, -0.15) is 0 Å². The predicted octanol–water partition coefficient (Wildman–Crippen LogP) is 2.28. The summed E-state index contributed by atoms with van der Waals surface area (Å²) in [5.74, 6) is 0.113. The molecule has 1 amide bonds. The first-order valence-electron chi connectivity index (χ1n) is 7.18. The van der Waals surface area contributed by atoms with Gasteiger partial charge in [0.25, 0.3) is 0 Å². The van der Waals surface area contributed by atoms with Gasteiger partial charge in [0.15, 0.2) is 0 Å². The highest BCUT2D eigenvalue weighted by molar-refractivity contribution is 7.91. The van der Waals surface area contributed by atoms with Crippen molar-refractivity contribution in [1.82, 2.24) is 9.62 Å². The highest BCUT2D eigenvalue weighted by atomic mass is 32.2. The van der Waals surface area contributed by atoms with Crippen molar-refractivity contribution in [3.63, 3.8) is 0 Å². The average Bonchev–Trinajstić information content (AvgIpc) is 3.06. The first-order chi connectivity index (χ1) is 10.2. The Morgan fingerprint density at radius 1 is 1.50 bits per heavy atom. The third-order valence-electron chi connectivity index (χ3n) is 3.26. The molecule has 0 aromatic carbocycles. The Balaban J connectivity index is 1.83. The van der Waals surface area contributed by atoms with Crippen LogP contribution in [0.1, 0.15) is 27.2 Å². The van der Waals surface area contributed by atoms with Crippen LogP contribution in [0.25, 0.3) is 0 Å². The number of thiophene rings is 1. The smallest absolute Gasteiger partial charge is 0.410 e. The minimum atomic E-state index is -3.44. The molecule has 0 bridgehead atoms. The summed E-state index contributed by atoms with van der Waals surface area (Å²) in [6.07, 6.45) is 0.433. The first-order valence-corrected chi connectivity index (χ1v) is 9.55. The molecule has 0 unspecified atom stereocenters. The highest BCUT2D eigenvalue weighted by Gasteiger charge is 2.30. The SMILES string of the molecule is CC(C)(C)OC(=O)N1CC[C@@H](CNS(=O)(=O)c2cccs2)C1. The molecule has 6 nitrogen and oxygen atoms in total. The molecule has 0 aliphatic carbocycles. The second-order valence-corrected chi connectivity index (χ2v) is 9.31. The maximum absolute atomic E-state index is 12.0. The summed E-state index contributed by atoms with van der Waals surface area (Å²) in [4.78, 5) is 13.6. The summed E-state index contributed by atoms with van der Waals surface area (Å²) >= 11 is 1.19. The van der Waals surface area contributed by atoms with E-state index in [2.05, 4.69) is 4.72 Å². The molecule has 0 saturated carbocycles. The zero-order valence-corrected chi connectivity index (χ0v) is 14.7. The topological polar surface area (TPSA) is 75.7 Å². The summed E-state index contributed by atoms with van der Waals surface area (Å²) < 4.78 is 32.3. The molecule has 1 aliphatic rings. The van der Waals surface area contributed by atoms with Gasteiger partial charge in [0.1, 0.15) is 9.81 Å². The molecular weight excluding hydrogens is 324 g/mol. The van der Waals surface area contributed by atoms with E-state index in [9.17, 15) is 13.2 Å². The van der Waals surface area contributed by atoms with Crippen LogP contribution in [-0.2, 0) is 14.8 Å². The predicted molar refractivity (Wildman–Crippen MR) is 85.4 cm³/mol. The van der Waals surface area contributed by atoms with E-state index in [-0.39, 0.29) is 12.0 Å². The molecule has 0 radical (unpaired) electrons. The standard InChI is InChI=1S/C14H22N2O4S2/c1-14(2,3)20-13(17)16-7-6-11(10-16)9-15-22(18,19)12-5-4-8-21-12/h4-5,8,11,15H,6-7,9-10H2,1-3H3/t11-/m0/s1. The van der Waals surface area contributed by atoms with Crippen molar-refractivity contribution >= 4 is 27.5 Å². The number of amides is 1. The number of nitrogens with one attached hydrogen (secondary N) is 1. The van der Waals surface area contributed by atoms with Gasteiger partial charge in [0, 0.05) is 19.6 Å². The number of sulfonamides is 1. The molecule has 1 aliphatic heterocycles. The van der Waals surface area contributed by atoms with Crippen molar-refractivity contribution in [2.75, 3.05) is 19.6 Å². The van der Waals surface area contributed by atoms with Crippen LogP contribution in [0.3, 0.4) is 0 Å². The number of hydrogen-bond acceptors (Lipinski definition) is 5. The van der Waals surface area contributed by atoms with Crippen molar-refractivity contribution in [2.24, 2.45) is 5.92 Å². The van der Waals surface area contributed by atoms with Crippen LogP contribution < -0.4 is 4.72 Å². The molecule has 124 valence electrons. The first kappa shape index (κ1) is 17.2. The molecule has 1 atom stereocenters. The third-order valence-corrected chi connectivity index (χ3v) is 6.08. The monoisotopic (exact) mass is 346 g/mol. The molecule has 1 aromatic rings. The second-order valence-electron chi connectivity index (χ2n) is 6.37. The fraction of sp³-hybridized carbons (Fsp3) is 0.643. The molecule has 1 saturated heterocycles. The molecule has 2 rings (SSSR count). The Hall–Kier alpha value is -1.12. The fourth-order valence-corrected chi connectivity index (χ4v) is 4.36. The number of rotatable bonds is 4. The minimum absolute atomic E-state index is 0.113. The number of nitrogens with zero attached hydrogens (tertiary/aromatic N) is 1. The summed E-state index contributed by atoms with van der Waals surface area (Å²) in [6, 6.07) is 3.29. The van der Waals surface area contributed by atoms with Crippen molar-refractivity contribution in [1.29, 1.82) is 0 Å². The minimum Gasteiger partial charge on any atom is -0.444 e. The van der Waals surface area contributed by atoms with Crippen LogP contribution in [0.2, 0.25) is 0 Å². The number of ether oxygens (including phenoxy) is 1. The fourth-order valence-electron chi connectivity index (χ4n) is 2.21. The number of carbonyl (C=O) groups excluding carboxylic acids is 1. The number of carbonyl (C=O) groups is 1. The van der Waals surface area contributed by atoms with Gasteiger partial charge in [0.05, 0.1) is 0 Å². The Kier molecular flexibility index (Phi) is 5.14. The van der Waals surface area contributed by atoms with Crippen molar-refractivity contribution in [3.8, 4) is 0 Å². The van der Waals surface area contributed by atoms with Crippen LogP contribution in [0, 0.1) is 5.92 Å². The van der Waals surface area contributed by atoms with Crippen LogP contribution in [-0.4, -0.2) is 44.6 Å². The van der Waals surface area contributed by atoms with E-state index >= 15 is 0 Å². The van der Waals surface area contributed by atoms with Gasteiger partial charge in [-0.05, 0) is 44.6 Å². The van der Waals surface area contributed by atoms with E-state index in [1.165, 1.54) is 11.3 Å². The van der Waals surface area contributed by atoms with Crippen molar-refractivity contribution in [2.45, 2.75) is 37.0 Å². The molecule has 1 aromatic heterocycles.